The molecule has 0 bridgehead atoms. The van der Waals surface area contributed by atoms with Gasteiger partial charge in [-0.3, -0.25) is 28.8 Å². The summed E-state index contributed by atoms with van der Waals surface area (Å²) in [5.74, 6) is 0.737. The van der Waals surface area contributed by atoms with Gasteiger partial charge in [0.1, 0.15) is 34.5 Å². The summed E-state index contributed by atoms with van der Waals surface area (Å²) < 4.78 is 86.0. The van der Waals surface area contributed by atoms with Crippen molar-refractivity contribution in [3.63, 3.8) is 0 Å². The van der Waals surface area contributed by atoms with Crippen LogP contribution in [0.25, 0.3) is 16.7 Å². The number of rotatable bonds is 32. The van der Waals surface area contributed by atoms with Crippen LogP contribution in [-0.2, 0) is 79.9 Å². The second-order valence-electron chi connectivity index (χ2n) is 30.2. The molecule has 8 aromatic carbocycles. The zero-order valence-corrected chi connectivity index (χ0v) is 73.2. The molecule has 0 spiro atoms. The molecule has 0 fully saturated rings. The van der Waals surface area contributed by atoms with E-state index in [1.165, 1.54) is 36.4 Å². The molecule has 0 unspecified atom stereocenters. The molecule has 638 valence electrons. The summed E-state index contributed by atoms with van der Waals surface area (Å²) in [5, 5.41) is 13.9. The second kappa shape index (κ2) is 41.1. The monoisotopic (exact) mass is 1760 g/mol. The highest BCUT2D eigenvalue weighted by molar-refractivity contribution is 7.90. The number of furan rings is 3. The molecule has 6 N–H and O–H groups in total. The average molecular weight is 1760 g/mol. The number of benzene rings is 8. The van der Waals surface area contributed by atoms with E-state index in [2.05, 4.69) is 33.4 Å². The first-order valence-corrected chi connectivity index (χ1v) is 44.6. The molecule has 0 aliphatic heterocycles. The summed E-state index contributed by atoms with van der Waals surface area (Å²) in [4.78, 5) is 76.9. The van der Waals surface area contributed by atoms with Gasteiger partial charge < -0.3 is 48.7 Å². The largest absolute Gasteiger partial charge is 0.494 e. The summed E-state index contributed by atoms with van der Waals surface area (Å²) in [6.07, 6.45) is 6.74. The molecule has 27 heteroatoms. The van der Waals surface area contributed by atoms with Gasteiger partial charge in [0, 0.05) is 57.6 Å². The normalized spacial score (nSPS) is 12.6. The summed E-state index contributed by atoms with van der Waals surface area (Å²) in [6, 6.07) is 60.3. The Labute approximate surface area is 730 Å². The van der Waals surface area contributed by atoms with Gasteiger partial charge in [-0.1, -0.05) is 150 Å². The number of hydrogen-bond donors (Lipinski definition) is 6. The molecule has 0 saturated carbocycles. The Morgan fingerprint density at radius 3 is 1.01 bits per heavy atom. The standard InChI is InChI=1S/C35H35ClN2O4.C33H31ClN2O6S.C28H29ClN2O6S/c1-22-9-4-5-11-26(22)20-37-35(40)32-15-14-27(42-32)21-38-34(39)31-19-25-10-6-7-12-29(25)30(31)13-8-16-41-28-17-23(2)33(36)24(3)18-28;1-21-17-25(18-22(2)31(21)34)41-16-8-13-28-27-12-7-6-9-23(27)19-29(28)32(37)35-20-24-14-15-30(42-24)33(38)36-43(39,40)26-10-4-3-5-11-26;1-17-13-21(14-18(2)26(17)29)36-12-6-9-23-22-8-5-4-7-19(22)15-24(23)27(32)30-16-20-10-11-25(37-20)28(33)31-38(3,34)35/h4-7,9-12,14-15,17-18H,8,13,16,19-21H2,1-3H3,(H,37,40)(H,38,39);3-7,9-12,14-15,17-18H,8,13,16,19-20H2,1-2H3,(H,35,37)(H,36,38);4-5,7-8,10-11,13-14H,6,9,12,15-16H2,1-3H3,(H,30,32)(H,31,33). The van der Waals surface area contributed by atoms with Gasteiger partial charge in [0.05, 0.1) is 50.6 Å². The first-order valence-electron chi connectivity index (χ1n) is 40.1. The SMILES string of the molecule is Cc1cc(OCCCC2=C(C(=O)NCc3ccc(C(=O)NS(=O)(=O)c4ccccc4)o3)Cc3ccccc32)cc(C)c1Cl.Cc1cc(OCCCC2=C(C(=O)NCc3ccc(C(=O)NS(C)(=O)=O)o3)Cc3ccccc32)cc(C)c1Cl.Cc1ccccc1CNC(=O)c1ccc(CNC(=O)C2=C(CCCOc3cc(C)c(Cl)c(C)c3)c3ccccc3C2)o1. The number of amides is 6. The number of fused-ring (bicyclic) bond motifs is 3. The van der Waals surface area contributed by atoms with Gasteiger partial charge >= 0.3 is 5.91 Å². The second-order valence-corrected chi connectivity index (χ2v) is 34.8. The van der Waals surface area contributed by atoms with Gasteiger partial charge in [-0.05, 0) is 267 Å². The van der Waals surface area contributed by atoms with Crippen molar-refractivity contribution in [2.45, 2.75) is 137 Å². The van der Waals surface area contributed by atoms with Crippen LogP contribution in [0.15, 0.2) is 235 Å². The van der Waals surface area contributed by atoms with Gasteiger partial charge in [-0.15, -0.1) is 0 Å². The number of allylic oxidation sites excluding steroid dienone is 3. The maximum absolute atomic E-state index is 13.4. The first-order chi connectivity index (χ1) is 58.9. The third-order valence-corrected chi connectivity index (χ3v) is 24.7. The number of nitrogens with one attached hydrogen (secondary N) is 6. The first kappa shape index (κ1) is 90.1. The Balaban J connectivity index is 0.000000169. The van der Waals surface area contributed by atoms with Gasteiger partial charge in [0.15, 0.2) is 17.3 Å². The van der Waals surface area contributed by atoms with Crippen molar-refractivity contribution in [3.05, 3.63) is 344 Å². The maximum atomic E-state index is 13.4. The summed E-state index contributed by atoms with van der Waals surface area (Å²) >= 11 is 18.8. The number of carbonyl (C=O) groups excluding carboxylic acids is 6. The number of ether oxygens (including phenoxy) is 3. The van der Waals surface area contributed by atoms with Crippen LogP contribution in [0.2, 0.25) is 15.1 Å². The highest BCUT2D eigenvalue weighted by Crippen LogP contribution is 2.40. The molecular weight excluding hydrogens is 1660 g/mol. The third-order valence-electron chi connectivity index (χ3n) is 21.0. The van der Waals surface area contributed by atoms with Gasteiger partial charge in [-0.2, -0.15) is 0 Å². The Morgan fingerprint density at radius 1 is 0.350 bits per heavy atom. The van der Waals surface area contributed by atoms with Crippen molar-refractivity contribution in [2.24, 2.45) is 0 Å². The van der Waals surface area contributed by atoms with Crippen LogP contribution >= 0.6 is 34.8 Å². The fourth-order valence-corrected chi connectivity index (χ4v) is 16.6. The molecular formula is C96H95Cl3N6O16S2. The van der Waals surface area contributed by atoms with E-state index in [0.29, 0.717) is 93.3 Å². The molecule has 0 radical (unpaired) electrons. The van der Waals surface area contributed by atoms with E-state index in [9.17, 15) is 45.6 Å². The van der Waals surface area contributed by atoms with E-state index >= 15 is 0 Å². The number of hydrogen-bond acceptors (Lipinski definition) is 16. The number of halogens is 3. The van der Waals surface area contributed by atoms with Gasteiger partial charge in [0.25, 0.3) is 21.8 Å². The molecule has 3 aromatic heterocycles. The van der Waals surface area contributed by atoms with Crippen molar-refractivity contribution in [1.29, 1.82) is 0 Å². The van der Waals surface area contributed by atoms with Crippen molar-refractivity contribution in [3.8, 4) is 17.2 Å². The van der Waals surface area contributed by atoms with Crippen LogP contribution in [0.5, 0.6) is 17.2 Å². The Bertz CT molecular complexity index is 6090. The van der Waals surface area contributed by atoms with Gasteiger partial charge in [0.2, 0.25) is 27.7 Å². The molecule has 0 atom stereocenters. The van der Waals surface area contributed by atoms with E-state index in [1.54, 1.807) is 30.3 Å². The zero-order chi connectivity index (χ0) is 87.7. The minimum atomic E-state index is -4.05. The zero-order valence-electron chi connectivity index (χ0n) is 69.3. The molecule has 22 nitrogen and oxygen atoms in total. The van der Waals surface area contributed by atoms with E-state index in [1.807, 2.05) is 179 Å². The van der Waals surface area contributed by atoms with Crippen molar-refractivity contribution >= 4 is 107 Å². The van der Waals surface area contributed by atoms with E-state index in [-0.39, 0.29) is 65.4 Å². The average Bonchev–Trinajstić information content (AvgIpc) is 1.65. The lowest BCUT2D eigenvalue weighted by atomic mass is 10.0. The fourth-order valence-electron chi connectivity index (χ4n) is 14.8. The number of aryl methyl sites for hydroxylation is 7. The van der Waals surface area contributed by atoms with Crippen LogP contribution in [-0.4, -0.2) is 78.4 Å². The van der Waals surface area contributed by atoms with Gasteiger partial charge in [-0.25, -0.2) is 26.3 Å². The minimum absolute atomic E-state index is 0.0308. The van der Waals surface area contributed by atoms with Crippen LogP contribution < -0.4 is 44.9 Å². The summed E-state index contributed by atoms with van der Waals surface area (Å²) in [6.45, 7) is 15.9. The Hall–Kier alpha value is -12.2. The Kier molecular flexibility index (Phi) is 30.1. The number of carbonyl (C=O) groups is 6. The highest BCUT2D eigenvalue weighted by atomic mass is 35.5. The predicted molar refractivity (Wildman–Crippen MR) is 476 cm³/mol. The lowest BCUT2D eigenvalue weighted by Crippen LogP contribution is -2.30. The quantitative estimate of drug-likeness (QED) is 0.0213. The van der Waals surface area contributed by atoms with Crippen molar-refractivity contribution < 1.29 is 73.1 Å². The molecule has 3 aliphatic carbocycles. The molecule has 14 rings (SSSR count). The lowest BCUT2D eigenvalue weighted by molar-refractivity contribution is -0.118. The fraction of sp³-hybridized carbons (Fsp3) is 0.250. The lowest BCUT2D eigenvalue weighted by Gasteiger charge is -2.12. The van der Waals surface area contributed by atoms with E-state index < -0.39 is 31.9 Å². The molecule has 3 aliphatic rings. The van der Waals surface area contributed by atoms with Crippen molar-refractivity contribution in [2.75, 3.05) is 26.1 Å². The third kappa shape index (κ3) is 23.8. The van der Waals surface area contributed by atoms with Crippen molar-refractivity contribution in [1.82, 2.24) is 30.7 Å². The highest BCUT2D eigenvalue weighted by Gasteiger charge is 2.31. The predicted octanol–water partition coefficient (Wildman–Crippen LogP) is 18.2. The molecule has 3 heterocycles. The summed E-state index contributed by atoms with van der Waals surface area (Å²) in [5.41, 5.74) is 19.7. The molecule has 123 heavy (non-hydrogen) atoms. The summed E-state index contributed by atoms with van der Waals surface area (Å²) in [7, 11) is -7.76. The smallest absolute Gasteiger partial charge is 0.300 e. The Morgan fingerprint density at radius 2 is 0.659 bits per heavy atom. The minimum Gasteiger partial charge on any atom is -0.494 e. The molecule has 11 aromatic rings. The van der Waals surface area contributed by atoms with Crippen LogP contribution in [0.3, 0.4) is 0 Å². The number of sulfonamides is 2. The van der Waals surface area contributed by atoms with E-state index in [0.717, 1.165) is 158 Å². The van der Waals surface area contributed by atoms with E-state index in [4.69, 9.17) is 62.3 Å². The molecule has 6 amide bonds. The van der Waals surface area contributed by atoms with Crippen LogP contribution in [0, 0.1) is 48.5 Å². The molecule has 0 saturated heterocycles. The van der Waals surface area contributed by atoms with Crippen LogP contribution in [0.1, 0.15) is 165 Å². The topological polar surface area (TPSA) is 310 Å². The maximum Gasteiger partial charge on any atom is 0.300 e. The van der Waals surface area contributed by atoms with Crippen LogP contribution in [0.4, 0.5) is 0 Å².